The van der Waals surface area contributed by atoms with Gasteiger partial charge in [0.15, 0.2) is 0 Å². The highest BCUT2D eigenvalue weighted by molar-refractivity contribution is 5.24. The maximum absolute atomic E-state index is 11.2. The molecular formula is C12H19N3O. The summed E-state index contributed by atoms with van der Waals surface area (Å²) in [7, 11) is 0. The molecule has 4 nitrogen and oxygen atoms in total. The molecule has 2 rings (SSSR count). The number of hydrogen-bond donors (Lipinski definition) is 2. The Hall–Kier alpha value is -1.32. The van der Waals surface area contributed by atoms with Crippen LogP contribution < -0.4 is 10.9 Å². The van der Waals surface area contributed by atoms with Crippen molar-refractivity contribution in [2.24, 2.45) is 5.92 Å². The predicted molar refractivity (Wildman–Crippen MR) is 64.7 cm³/mol. The van der Waals surface area contributed by atoms with Crippen LogP contribution in [0, 0.1) is 12.8 Å². The Balaban J connectivity index is 1.90. The largest absolute Gasteiger partial charge is 0.355 e. The predicted octanol–water partition coefficient (Wildman–Crippen LogP) is 2.07. The van der Waals surface area contributed by atoms with Gasteiger partial charge in [-0.1, -0.05) is 19.3 Å². The number of aromatic nitrogens is 2. The molecule has 16 heavy (non-hydrogen) atoms. The molecule has 0 amide bonds. The van der Waals surface area contributed by atoms with E-state index < -0.39 is 0 Å². The molecule has 88 valence electrons. The van der Waals surface area contributed by atoms with Crippen LogP contribution in [0.15, 0.2) is 10.9 Å². The minimum atomic E-state index is -0.0846. The zero-order chi connectivity index (χ0) is 11.4. The highest BCUT2D eigenvalue weighted by Crippen LogP contribution is 2.23. The molecule has 1 fully saturated rings. The summed E-state index contributed by atoms with van der Waals surface area (Å²) in [4.78, 5) is 18.2. The first-order chi connectivity index (χ1) is 7.74. The molecule has 0 atom stereocenters. The lowest BCUT2D eigenvalue weighted by molar-refractivity contribution is 0.373. The molecule has 1 aliphatic rings. The normalized spacial score (nSPS) is 17.3. The Morgan fingerprint density at radius 3 is 2.88 bits per heavy atom. The molecule has 1 aliphatic carbocycles. The van der Waals surface area contributed by atoms with E-state index in [1.165, 1.54) is 38.2 Å². The first-order valence-corrected chi connectivity index (χ1v) is 6.06. The van der Waals surface area contributed by atoms with E-state index >= 15 is 0 Å². The zero-order valence-electron chi connectivity index (χ0n) is 9.75. The minimum absolute atomic E-state index is 0.0846. The van der Waals surface area contributed by atoms with Crippen molar-refractivity contribution < 1.29 is 0 Å². The lowest BCUT2D eigenvalue weighted by atomic mass is 9.89. The van der Waals surface area contributed by atoms with Crippen molar-refractivity contribution in [2.45, 2.75) is 39.0 Å². The Labute approximate surface area is 95.5 Å². The van der Waals surface area contributed by atoms with Crippen LogP contribution in [0.2, 0.25) is 0 Å². The smallest absolute Gasteiger partial charge is 0.252 e. The second kappa shape index (κ2) is 5.14. The number of nitrogens with one attached hydrogen (secondary N) is 2. The summed E-state index contributed by atoms with van der Waals surface area (Å²) in [6, 6.07) is 1.51. The van der Waals surface area contributed by atoms with Gasteiger partial charge in [0.1, 0.15) is 0 Å². The van der Waals surface area contributed by atoms with Gasteiger partial charge >= 0.3 is 0 Å². The SMILES string of the molecule is Cc1cc(=O)[nH]c(NCC2CCCCC2)n1. The Kier molecular flexibility index (Phi) is 3.59. The molecule has 1 heterocycles. The van der Waals surface area contributed by atoms with E-state index in [1.54, 1.807) is 0 Å². The van der Waals surface area contributed by atoms with Gasteiger partial charge in [-0.05, 0) is 25.7 Å². The number of anilines is 1. The molecule has 1 aromatic heterocycles. The standard InChI is InChI=1S/C12H19N3O/c1-9-7-11(16)15-12(14-9)13-8-10-5-3-2-4-6-10/h7,10H,2-6,8H2,1H3,(H2,13,14,15,16). The maximum Gasteiger partial charge on any atom is 0.252 e. The van der Waals surface area contributed by atoms with Crippen molar-refractivity contribution in [3.63, 3.8) is 0 Å². The topological polar surface area (TPSA) is 57.8 Å². The van der Waals surface area contributed by atoms with Crippen LogP contribution in [-0.4, -0.2) is 16.5 Å². The summed E-state index contributed by atoms with van der Waals surface area (Å²) >= 11 is 0. The van der Waals surface area contributed by atoms with Crippen LogP contribution in [0.25, 0.3) is 0 Å². The number of aryl methyl sites for hydroxylation is 1. The fraction of sp³-hybridized carbons (Fsp3) is 0.667. The third-order valence-electron chi connectivity index (χ3n) is 3.15. The van der Waals surface area contributed by atoms with E-state index in [0.717, 1.165) is 18.2 Å². The summed E-state index contributed by atoms with van der Waals surface area (Å²) in [5.74, 6) is 1.34. The maximum atomic E-state index is 11.2. The highest BCUT2D eigenvalue weighted by atomic mass is 16.1. The van der Waals surface area contributed by atoms with Crippen molar-refractivity contribution >= 4 is 5.95 Å². The fourth-order valence-electron chi connectivity index (χ4n) is 2.30. The second-order valence-corrected chi connectivity index (χ2v) is 4.62. The molecule has 0 unspecified atom stereocenters. The summed E-state index contributed by atoms with van der Waals surface area (Å²) in [5, 5.41) is 3.23. The van der Waals surface area contributed by atoms with Crippen molar-refractivity contribution in [2.75, 3.05) is 11.9 Å². The van der Waals surface area contributed by atoms with Crippen LogP contribution in [-0.2, 0) is 0 Å². The van der Waals surface area contributed by atoms with Crippen LogP contribution in [0.5, 0.6) is 0 Å². The Morgan fingerprint density at radius 2 is 2.19 bits per heavy atom. The molecule has 0 aliphatic heterocycles. The van der Waals surface area contributed by atoms with Gasteiger partial charge in [-0.2, -0.15) is 0 Å². The third-order valence-corrected chi connectivity index (χ3v) is 3.15. The van der Waals surface area contributed by atoms with Crippen LogP contribution in [0.1, 0.15) is 37.8 Å². The summed E-state index contributed by atoms with van der Waals surface area (Å²) in [6.45, 7) is 2.76. The van der Waals surface area contributed by atoms with Crippen molar-refractivity contribution in [3.8, 4) is 0 Å². The second-order valence-electron chi connectivity index (χ2n) is 4.62. The van der Waals surface area contributed by atoms with Gasteiger partial charge in [0.25, 0.3) is 5.56 Å². The number of nitrogens with zero attached hydrogens (tertiary/aromatic N) is 1. The van der Waals surface area contributed by atoms with Crippen molar-refractivity contribution in [1.82, 2.24) is 9.97 Å². The summed E-state index contributed by atoms with van der Waals surface area (Å²) in [6.07, 6.45) is 6.64. The zero-order valence-corrected chi connectivity index (χ0v) is 9.75. The summed E-state index contributed by atoms with van der Waals surface area (Å²) in [5.41, 5.74) is 0.675. The first-order valence-electron chi connectivity index (χ1n) is 6.06. The Morgan fingerprint density at radius 1 is 1.44 bits per heavy atom. The van der Waals surface area contributed by atoms with Gasteiger partial charge in [-0.3, -0.25) is 9.78 Å². The highest BCUT2D eigenvalue weighted by Gasteiger charge is 2.13. The average molecular weight is 221 g/mol. The molecule has 2 N–H and O–H groups in total. The monoisotopic (exact) mass is 221 g/mol. The van der Waals surface area contributed by atoms with Gasteiger partial charge in [-0.25, -0.2) is 4.98 Å². The number of aromatic amines is 1. The van der Waals surface area contributed by atoms with E-state index in [4.69, 9.17) is 0 Å². The van der Waals surface area contributed by atoms with E-state index in [1.807, 2.05) is 6.92 Å². The van der Waals surface area contributed by atoms with Crippen LogP contribution in [0.3, 0.4) is 0 Å². The lowest BCUT2D eigenvalue weighted by Crippen LogP contribution is -2.20. The minimum Gasteiger partial charge on any atom is -0.355 e. The van der Waals surface area contributed by atoms with E-state index in [-0.39, 0.29) is 5.56 Å². The third kappa shape index (κ3) is 3.08. The van der Waals surface area contributed by atoms with E-state index in [9.17, 15) is 4.79 Å². The van der Waals surface area contributed by atoms with Crippen molar-refractivity contribution in [3.05, 3.63) is 22.1 Å². The molecule has 0 aromatic carbocycles. The molecule has 0 spiro atoms. The van der Waals surface area contributed by atoms with Gasteiger partial charge < -0.3 is 5.32 Å². The molecule has 1 saturated carbocycles. The van der Waals surface area contributed by atoms with Crippen LogP contribution >= 0.6 is 0 Å². The van der Waals surface area contributed by atoms with Gasteiger partial charge in [0.2, 0.25) is 5.95 Å². The van der Waals surface area contributed by atoms with Gasteiger partial charge in [0.05, 0.1) is 0 Å². The lowest BCUT2D eigenvalue weighted by Gasteiger charge is -2.21. The average Bonchev–Trinajstić information content (AvgIpc) is 2.27. The van der Waals surface area contributed by atoms with E-state index in [2.05, 4.69) is 15.3 Å². The number of H-pyrrole nitrogens is 1. The molecule has 0 saturated heterocycles. The van der Waals surface area contributed by atoms with Crippen LogP contribution in [0.4, 0.5) is 5.95 Å². The number of rotatable bonds is 3. The fourth-order valence-corrected chi connectivity index (χ4v) is 2.30. The molecule has 0 radical (unpaired) electrons. The number of hydrogen-bond acceptors (Lipinski definition) is 3. The van der Waals surface area contributed by atoms with Gasteiger partial charge in [-0.15, -0.1) is 0 Å². The summed E-state index contributed by atoms with van der Waals surface area (Å²) < 4.78 is 0. The first kappa shape index (κ1) is 11.2. The van der Waals surface area contributed by atoms with Crippen molar-refractivity contribution in [1.29, 1.82) is 0 Å². The van der Waals surface area contributed by atoms with E-state index in [0.29, 0.717) is 5.95 Å². The molecule has 1 aromatic rings. The quantitative estimate of drug-likeness (QED) is 0.821. The van der Waals surface area contributed by atoms with Gasteiger partial charge in [0, 0.05) is 18.3 Å². The molecule has 4 heteroatoms. The Bertz CT molecular complexity index is 393. The molecular weight excluding hydrogens is 202 g/mol. The molecule has 0 bridgehead atoms.